The van der Waals surface area contributed by atoms with Crippen molar-refractivity contribution in [1.82, 2.24) is 9.62 Å². The first-order valence-corrected chi connectivity index (χ1v) is 9.34. The Bertz CT molecular complexity index is 593. The Hall–Kier alpha value is -0.950. The average Bonchev–Trinajstić information content (AvgIpc) is 2.48. The summed E-state index contributed by atoms with van der Waals surface area (Å²) in [6, 6.07) is 5.46. The summed E-state index contributed by atoms with van der Waals surface area (Å²) in [5.74, 6) is 0. The van der Waals surface area contributed by atoms with Gasteiger partial charge in [0.1, 0.15) is 0 Å². The number of hydrogen-bond donors (Lipinski definition) is 2. The van der Waals surface area contributed by atoms with Gasteiger partial charge in [-0.1, -0.05) is 12.1 Å². The highest BCUT2D eigenvalue weighted by Gasteiger charge is 2.18. The third-order valence-electron chi connectivity index (χ3n) is 4.13. The molecule has 1 saturated heterocycles. The van der Waals surface area contributed by atoms with Crippen molar-refractivity contribution in [3.8, 4) is 0 Å². The number of hydrogen-bond acceptors (Lipinski definition) is 4. The van der Waals surface area contributed by atoms with E-state index in [0.717, 1.165) is 50.0 Å². The number of nitrogens with zero attached hydrogens (tertiary/aromatic N) is 1. The largest absolute Gasteiger partial charge is 0.393 e. The van der Waals surface area contributed by atoms with Gasteiger partial charge in [-0.3, -0.25) is 0 Å². The van der Waals surface area contributed by atoms with Gasteiger partial charge in [0.05, 0.1) is 11.0 Å². The minimum Gasteiger partial charge on any atom is -0.393 e. The molecule has 2 rings (SSSR count). The Kier molecular flexibility index (Phi) is 5.97. The molecule has 0 atom stereocenters. The lowest BCUT2D eigenvalue weighted by Gasteiger charge is -2.29. The van der Waals surface area contributed by atoms with Gasteiger partial charge in [-0.25, -0.2) is 13.1 Å². The Morgan fingerprint density at radius 1 is 1.27 bits per heavy atom. The number of rotatable bonds is 6. The standard InChI is InChI=1S/C16H26N2O3S/c1-13-4-5-14(2)16(12-13)22(20,21)17-8-3-9-18-10-6-15(19)7-11-18/h4-5,12,15,17,19H,3,6-11H2,1-2H3. The molecule has 1 aromatic carbocycles. The number of piperidine rings is 1. The fourth-order valence-corrected chi connectivity index (χ4v) is 4.13. The zero-order valence-corrected chi connectivity index (χ0v) is 14.2. The van der Waals surface area contributed by atoms with Crippen LogP contribution in [0.15, 0.2) is 23.1 Å². The van der Waals surface area contributed by atoms with Crippen molar-refractivity contribution < 1.29 is 13.5 Å². The molecule has 0 saturated carbocycles. The second-order valence-electron chi connectivity index (χ2n) is 6.09. The fourth-order valence-electron chi connectivity index (χ4n) is 2.73. The van der Waals surface area contributed by atoms with E-state index >= 15 is 0 Å². The number of benzene rings is 1. The lowest BCUT2D eigenvalue weighted by Crippen LogP contribution is -2.37. The summed E-state index contributed by atoms with van der Waals surface area (Å²) in [6.07, 6.45) is 2.24. The third-order valence-corrected chi connectivity index (χ3v) is 5.74. The predicted molar refractivity (Wildman–Crippen MR) is 87.4 cm³/mol. The van der Waals surface area contributed by atoms with Gasteiger partial charge in [0.15, 0.2) is 0 Å². The van der Waals surface area contributed by atoms with E-state index in [1.807, 2.05) is 26.0 Å². The average molecular weight is 326 g/mol. The van der Waals surface area contributed by atoms with Gasteiger partial charge in [0, 0.05) is 19.6 Å². The van der Waals surface area contributed by atoms with Crippen molar-refractivity contribution in [3.63, 3.8) is 0 Å². The van der Waals surface area contributed by atoms with Crippen LogP contribution >= 0.6 is 0 Å². The Morgan fingerprint density at radius 2 is 1.95 bits per heavy atom. The first-order chi connectivity index (χ1) is 10.4. The van der Waals surface area contributed by atoms with Crippen molar-refractivity contribution in [2.45, 2.75) is 44.1 Å². The highest BCUT2D eigenvalue weighted by atomic mass is 32.2. The normalized spacial score (nSPS) is 17.8. The molecule has 0 aromatic heterocycles. The van der Waals surface area contributed by atoms with Gasteiger partial charge in [0.2, 0.25) is 10.0 Å². The first-order valence-electron chi connectivity index (χ1n) is 7.86. The summed E-state index contributed by atoms with van der Waals surface area (Å²) < 4.78 is 27.4. The molecule has 5 nitrogen and oxygen atoms in total. The van der Waals surface area contributed by atoms with E-state index in [4.69, 9.17) is 0 Å². The molecule has 0 aliphatic carbocycles. The predicted octanol–water partition coefficient (Wildman–Crippen LogP) is 1.43. The lowest BCUT2D eigenvalue weighted by molar-refractivity contribution is 0.0823. The quantitative estimate of drug-likeness (QED) is 0.776. The van der Waals surface area contributed by atoms with Crippen LogP contribution < -0.4 is 4.72 Å². The Balaban J connectivity index is 1.82. The molecule has 0 bridgehead atoms. The van der Waals surface area contributed by atoms with Crippen LogP contribution in [0.2, 0.25) is 0 Å². The highest BCUT2D eigenvalue weighted by Crippen LogP contribution is 2.16. The summed E-state index contributed by atoms with van der Waals surface area (Å²) in [5.41, 5.74) is 1.71. The van der Waals surface area contributed by atoms with Crippen LogP contribution in [0.25, 0.3) is 0 Å². The number of aliphatic hydroxyl groups is 1. The van der Waals surface area contributed by atoms with Gasteiger partial charge in [0.25, 0.3) is 0 Å². The van der Waals surface area contributed by atoms with Gasteiger partial charge >= 0.3 is 0 Å². The van der Waals surface area contributed by atoms with Crippen molar-refractivity contribution in [2.24, 2.45) is 0 Å². The molecule has 1 aliphatic heterocycles. The maximum Gasteiger partial charge on any atom is 0.240 e. The van der Waals surface area contributed by atoms with Crippen molar-refractivity contribution >= 4 is 10.0 Å². The monoisotopic (exact) mass is 326 g/mol. The van der Waals surface area contributed by atoms with Crippen molar-refractivity contribution in [1.29, 1.82) is 0 Å². The van der Waals surface area contributed by atoms with E-state index in [9.17, 15) is 13.5 Å². The van der Waals surface area contributed by atoms with Crippen LogP contribution in [0.5, 0.6) is 0 Å². The molecular weight excluding hydrogens is 300 g/mol. The number of aryl methyl sites for hydroxylation is 2. The molecule has 0 amide bonds. The maximum absolute atomic E-state index is 12.3. The molecular formula is C16H26N2O3S. The molecule has 6 heteroatoms. The van der Waals surface area contributed by atoms with Gasteiger partial charge in [-0.15, -0.1) is 0 Å². The van der Waals surface area contributed by atoms with Crippen LogP contribution in [-0.4, -0.2) is 50.7 Å². The topological polar surface area (TPSA) is 69.6 Å². The minimum atomic E-state index is -3.43. The summed E-state index contributed by atoms with van der Waals surface area (Å²) >= 11 is 0. The van der Waals surface area contributed by atoms with E-state index in [1.54, 1.807) is 6.07 Å². The molecule has 2 N–H and O–H groups in total. The van der Waals surface area contributed by atoms with Gasteiger partial charge in [-0.05, 0) is 56.8 Å². The van der Waals surface area contributed by atoms with E-state index in [2.05, 4.69) is 9.62 Å². The van der Waals surface area contributed by atoms with Crippen molar-refractivity contribution in [2.75, 3.05) is 26.2 Å². The Labute approximate surface area is 133 Å². The second kappa shape index (κ2) is 7.55. The second-order valence-corrected chi connectivity index (χ2v) is 7.83. The fraction of sp³-hybridized carbons (Fsp3) is 0.625. The third kappa shape index (κ3) is 4.78. The highest BCUT2D eigenvalue weighted by molar-refractivity contribution is 7.89. The van der Waals surface area contributed by atoms with Gasteiger partial charge < -0.3 is 10.0 Å². The van der Waals surface area contributed by atoms with E-state index < -0.39 is 10.0 Å². The lowest BCUT2D eigenvalue weighted by atomic mass is 10.1. The molecule has 1 aromatic rings. The van der Waals surface area contributed by atoms with E-state index in [0.29, 0.717) is 11.4 Å². The van der Waals surface area contributed by atoms with Crippen molar-refractivity contribution in [3.05, 3.63) is 29.3 Å². The summed E-state index contributed by atoms with van der Waals surface area (Å²) in [6.45, 7) is 6.79. The maximum atomic E-state index is 12.3. The first kappa shape index (κ1) is 17.4. The summed E-state index contributed by atoms with van der Waals surface area (Å²) in [7, 11) is -3.43. The van der Waals surface area contributed by atoms with Crippen LogP contribution in [0.4, 0.5) is 0 Å². The number of aliphatic hydroxyl groups excluding tert-OH is 1. The molecule has 22 heavy (non-hydrogen) atoms. The van der Waals surface area contributed by atoms with Crippen LogP contribution in [0, 0.1) is 13.8 Å². The molecule has 1 aliphatic rings. The molecule has 0 spiro atoms. The molecule has 1 heterocycles. The minimum absolute atomic E-state index is 0.168. The molecule has 0 radical (unpaired) electrons. The van der Waals surface area contributed by atoms with Crippen LogP contribution in [0.1, 0.15) is 30.4 Å². The molecule has 0 unspecified atom stereocenters. The molecule has 124 valence electrons. The zero-order chi connectivity index (χ0) is 16.2. The van der Waals surface area contributed by atoms with E-state index in [-0.39, 0.29) is 6.10 Å². The van der Waals surface area contributed by atoms with Crippen LogP contribution in [0.3, 0.4) is 0 Å². The zero-order valence-electron chi connectivity index (χ0n) is 13.4. The van der Waals surface area contributed by atoms with Gasteiger partial charge in [-0.2, -0.15) is 0 Å². The summed E-state index contributed by atoms with van der Waals surface area (Å²) in [5, 5.41) is 9.46. The van der Waals surface area contributed by atoms with E-state index in [1.165, 1.54) is 0 Å². The SMILES string of the molecule is Cc1ccc(C)c(S(=O)(=O)NCCCN2CCC(O)CC2)c1. The Morgan fingerprint density at radius 3 is 2.64 bits per heavy atom. The smallest absolute Gasteiger partial charge is 0.240 e. The molecule has 1 fully saturated rings. The number of likely N-dealkylation sites (tertiary alicyclic amines) is 1. The number of nitrogens with one attached hydrogen (secondary N) is 1. The number of sulfonamides is 1. The van der Waals surface area contributed by atoms with Crippen LogP contribution in [-0.2, 0) is 10.0 Å². The summed E-state index contributed by atoms with van der Waals surface area (Å²) in [4.78, 5) is 2.65.